The van der Waals surface area contributed by atoms with Crippen LogP contribution in [-0.2, 0) is 10.1 Å². The van der Waals surface area contributed by atoms with Crippen LogP contribution in [0.2, 0.25) is 0 Å². The molecule has 6 heteroatoms. The van der Waals surface area contributed by atoms with Gasteiger partial charge in [-0.05, 0) is 18.9 Å². The normalized spacial score (nSPS) is 11.5. The second kappa shape index (κ2) is 12.8. The molecule has 0 saturated heterocycles. The molecule has 0 atom stereocenters. The van der Waals surface area contributed by atoms with Gasteiger partial charge in [0.15, 0.2) is 11.6 Å². The fourth-order valence-electron chi connectivity index (χ4n) is 3.30. The molecule has 0 bridgehead atoms. The standard InChI is InChI=1S/C22H34O5S/c1-3-5-7-9-11-15-19(23)18-14-13-17-21(28(25,26)27)22(18)20(24)16-12-10-8-6-4-2/h13-14,17H,3-12,15-16H2,1-2H3,(H,25,26,27). The van der Waals surface area contributed by atoms with Crippen molar-refractivity contribution in [1.82, 2.24) is 0 Å². The van der Waals surface area contributed by atoms with Gasteiger partial charge in [0.2, 0.25) is 0 Å². The van der Waals surface area contributed by atoms with Gasteiger partial charge in [0, 0.05) is 24.0 Å². The largest absolute Gasteiger partial charge is 0.295 e. The van der Waals surface area contributed by atoms with Gasteiger partial charge in [0.1, 0.15) is 4.90 Å². The van der Waals surface area contributed by atoms with E-state index >= 15 is 0 Å². The number of Topliss-reactive ketones (excluding diaryl/α,β-unsaturated/α-hetero) is 2. The molecule has 0 unspecified atom stereocenters. The van der Waals surface area contributed by atoms with E-state index in [4.69, 9.17) is 0 Å². The minimum Gasteiger partial charge on any atom is -0.294 e. The highest BCUT2D eigenvalue weighted by Gasteiger charge is 2.25. The average Bonchev–Trinajstić information content (AvgIpc) is 2.66. The van der Waals surface area contributed by atoms with Gasteiger partial charge in [-0.2, -0.15) is 8.42 Å². The van der Waals surface area contributed by atoms with E-state index < -0.39 is 15.0 Å². The molecule has 1 rings (SSSR count). The maximum Gasteiger partial charge on any atom is 0.295 e. The van der Waals surface area contributed by atoms with E-state index in [0.717, 1.165) is 51.4 Å². The SMILES string of the molecule is CCCCCCCC(=O)c1cccc(S(=O)(=O)O)c1C(=O)CCCCCCC. The molecule has 1 aromatic carbocycles. The summed E-state index contributed by atoms with van der Waals surface area (Å²) >= 11 is 0. The van der Waals surface area contributed by atoms with E-state index in [9.17, 15) is 22.6 Å². The van der Waals surface area contributed by atoms with Gasteiger partial charge < -0.3 is 0 Å². The van der Waals surface area contributed by atoms with Crippen LogP contribution in [0, 0.1) is 0 Å². The molecule has 0 heterocycles. The lowest BCUT2D eigenvalue weighted by Gasteiger charge is -2.12. The summed E-state index contributed by atoms with van der Waals surface area (Å²) < 4.78 is 33.1. The lowest BCUT2D eigenvalue weighted by atomic mass is 9.94. The Morgan fingerprint density at radius 1 is 0.786 bits per heavy atom. The number of carbonyl (C=O) groups excluding carboxylic acids is 2. The molecule has 1 N–H and O–H groups in total. The van der Waals surface area contributed by atoms with E-state index in [1.165, 1.54) is 18.2 Å². The zero-order valence-electron chi connectivity index (χ0n) is 17.2. The van der Waals surface area contributed by atoms with Crippen molar-refractivity contribution in [3.05, 3.63) is 29.3 Å². The molecule has 158 valence electrons. The highest BCUT2D eigenvalue weighted by Crippen LogP contribution is 2.24. The smallest absolute Gasteiger partial charge is 0.294 e. The predicted molar refractivity (Wildman–Crippen MR) is 112 cm³/mol. The fourth-order valence-corrected chi connectivity index (χ4v) is 4.04. The Balaban J connectivity index is 2.97. The second-order valence-electron chi connectivity index (χ2n) is 7.33. The van der Waals surface area contributed by atoms with Crippen LogP contribution < -0.4 is 0 Å². The minimum absolute atomic E-state index is 0.115. The van der Waals surface area contributed by atoms with E-state index in [0.29, 0.717) is 12.8 Å². The van der Waals surface area contributed by atoms with Crippen molar-refractivity contribution in [3.8, 4) is 0 Å². The van der Waals surface area contributed by atoms with Crippen LogP contribution in [0.1, 0.15) is 112 Å². The Morgan fingerprint density at radius 3 is 1.79 bits per heavy atom. The maximum absolute atomic E-state index is 12.8. The number of ketones is 2. The van der Waals surface area contributed by atoms with Gasteiger partial charge in [-0.15, -0.1) is 0 Å². The highest BCUT2D eigenvalue weighted by atomic mass is 32.2. The summed E-state index contributed by atoms with van der Waals surface area (Å²) in [6.45, 7) is 4.22. The summed E-state index contributed by atoms with van der Waals surface area (Å²) in [4.78, 5) is 25.0. The quantitative estimate of drug-likeness (QED) is 0.217. The van der Waals surface area contributed by atoms with E-state index in [2.05, 4.69) is 13.8 Å². The maximum atomic E-state index is 12.8. The lowest BCUT2D eigenvalue weighted by Crippen LogP contribution is -2.15. The topological polar surface area (TPSA) is 88.5 Å². The number of rotatable bonds is 15. The summed E-state index contributed by atoms with van der Waals surface area (Å²) in [6.07, 6.45) is 10.1. The van der Waals surface area contributed by atoms with Gasteiger partial charge in [0.25, 0.3) is 10.1 Å². The minimum atomic E-state index is -4.58. The van der Waals surface area contributed by atoms with Gasteiger partial charge >= 0.3 is 0 Å². The van der Waals surface area contributed by atoms with E-state index in [1.54, 1.807) is 0 Å². The first kappa shape index (κ1) is 24.5. The van der Waals surface area contributed by atoms with Crippen LogP contribution in [0.4, 0.5) is 0 Å². The number of carbonyl (C=O) groups is 2. The van der Waals surface area contributed by atoms with Crippen molar-refractivity contribution in [1.29, 1.82) is 0 Å². The first-order valence-corrected chi connectivity index (χ1v) is 11.9. The number of hydrogen-bond donors (Lipinski definition) is 1. The average molecular weight is 411 g/mol. The van der Waals surface area contributed by atoms with Crippen molar-refractivity contribution in [3.63, 3.8) is 0 Å². The lowest BCUT2D eigenvalue weighted by molar-refractivity contribution is 0.0943. The predicted octanol–water partition coefficient (Wildman–Crippen LogP) is 6.02. The summed E-state index contributed by atoms with van der Waals surface area (Å²) in [5, 5.41) is 0. The first-order chi connectivity index (χ1) is 13.3. The van der Waals surface area contributed by atoms with E-state index in [-0.39, 0.29) is 35.5 Å². The summed E-state index contributed by atoms with van der Waals surface area (Å²) in [5.74, 6) is -0.629. The second-order valence-corrected chi connectivity index (χ2v) is 8.72. The number of unbranched alkanes of at least 4 members (excludes halogenated alkanes) is 8. The molecular formula is C22H34O5S. The van der Waals surface area contributed by atoms with Crippen molar-refractivity contribution in [2.75, 3.05) is 0 Å². The Hall–Kier alpha value is -1.53. The molecule has 0 spiro atoms. The Morgan fingerprint density at radius 2 is 1.29 bits per heavy atom. The van der Waals surface area contributed by atoms with Crippen LogP contribution in [0.15, 0.2) is 23.1 Å². The molecule has 0 radical (unpaired) electrons. The zero-order valence-corrected chi connectivity index (χ0v) is 18.0. The molecule has 0 fully saturated rings. The third-order valence-corrected chi connectivity index (χ3v) is 5.79. The Kier molecular flexibility index (Phi) is 11.2. The molecule has 0 aliphatic rings. The fraction of sp³-hybridized carbons (Fsp3) is 0.636. The Labute approximate surface area is 169 Å². The molecule has 5 nitrogen and oxygen atoms in total. The number of hydrogen-bond acceptors (Lipinski definition) is 4. The molecule has 28 heavy (non-hydrogen) atoms. The third kappa shape index (κ3) is 8.23. The molecule has 0 aliphatic carbocycles. The van der Waals surface area contributed by atoms with Gasteiger partial charge in [-0.25, -0.2) is 0 Å². The molecule has 0 aliphatic heterocycles. The van der Waals surface area contributed by atoms with Crippen molar-refractivity contribution < 1.29 is 22.6 Å². The highest BCUT2D eigenvalue weighted by molar-refractivity contribution is 7.86. The van der Waals surface area contributed by atoms with Crippen LogP contribution in [0.5, 0.6) is 0 Å². The van der Waals surface area contributed by atoms with Crippen molar-refractivity contribution in [2.24, 2.45) is 0 Å². The number of benzene rings is 1. The van der Waals surface area contributed by atoms with Crippen molar-refractivity contribution in [2.45, 2.75) is 95.8 Å². The van der Waals surface area contributed by atoms with Gasteiger partial charge in [-0.3, -0.25) is 14.1 Å². The molecule has 0 amide bonds. The van der Waals surface area contributed by atoms with Crippen LogP contribution >= 0.6 is 0 Å². The van der Waals surface area contributed by atoms with Gasteiger partial charge in [0.05, 0.1) is 0 Å². The zero-order chi connectivity index (χ0) is 21.0. The molecular weight excluding hydrogens is 376 g/mol. The first-order valence-electron chi connectivity index (χ1n) is 10.5. The van der Waals surface area contributed by atoms with Gasteiger partial charge in [-0.1, -0.05) is 77.3 Å². The van der Waals surface area contributed by atoms with Crippen LogP contribution in [-0.4, -0.2) is 24.5 Å². The van der Waals surface area contributed by atoms with E-state index in [1.807, 2.05) is 0 Å². The van der Waals surface area contributed by atoms with Crippen molar-refractivity contribution >= 4 is 21.7 Å². The molecule has 0 saturated carbocycles. The summed E-state index contributed by atoms with van der Waals surface area (Å²) in [5.41, 5.74) is -0.0248. The monoisotopic (exact) mass is 410 g/mol. The summed E-state index contributed by atoms with van der Waals surface area (Å²) in [7, 11) is -4.58. The molecule has 0 aromatic heterocycles. The Bertz CT molecular complexity index is 737. The van der Waals surface area contributed by atoms with Crippen LogP contribution in [0.3, 0.4) is 0 Å². The van der Waals surface area contributed by atoms with Crippen LogP contribution in [0.25, 0.3) is 0 Å². The molecule has 1 aromatic rings. The third-order valence-electron chi connectivity index (χ3n) is 4.90. The summed E-state index contributed by atoms with van der Waals surface area (Å²) in [6, 6.07) is 4.09.